The Bertz CT molecular complexity index is 1090. The molecule has 0 unspecified atom stereocenters. The van der Waals surface area contributed by atoms with Gasteiger partial charge in [0.2, 0.25) is 0 Å². The van der Waals surface area contributed by atoms with E-state index in [0.29, 0.717) is 24.1 Å². The number of benzene rings is 2. The number of aromatic amines is 1. The van der Waals surface area contributed by atoms with Crippen molar-refractivity contribution in [3.8, 4) is 0 Å². The van der Waals surface area contributed by atoms with Crippen LogP contribution in [0.1, 0.15) is 29.3 Å². The zero-order valence-electron chi connectivity index (χ0n) is 16.8. The van der Waals surface area contributed by atoms with Gasteiger partial charge in [0.15, 0.2) is 0 Å². The van der Waals surface area contributed by atoms with E-state index in [2.05, 4.69) is 4.98 Å². The fraction of sp³-hybridized carbons (Fsp3) is 0.261. The van der Waals surface area contributed by atoms with Crippen molar-refractivity contribution < 1.29 is 14.3 Å². The van der Waals surface area contributed by atoms with Crippen LogP contribution >= 0.6 is 0 Å². The lowest BCUT2D eigenvalue weighted by molar-refractivity contribution is -0.142. The Balaban J connectivity index is 1.94. The van der Waals surface area contributed by atoms with Crippen LogP contribution in [0.5, 0.6) is 0 Å². The summed E-state index contributed by atoms with van der Waals surface area (Å²) >= 11 is 0. The lowest BCUT2D eigenvalue weighted by Gasteiger charge is -2.17. The van der Waals surface area contributed by atoms with E-state index in [1.54, 1.807) is 0 Å². The summed E-state index contributed by atoms with van der Waals surface area (Å²) < 4.78 is 11.8. The number of carbonyl (C=O) groups is 1. The van der Waals surface area contributed by atoms with Gasteiger partial charge in [-0.2, -0.15) is 0 Å². The molecule has 0 amide bonds. The molecule has 0 aliphatic rings. The first-order chi connectivity index (χ1) is 14.5. The molecule has 2 aromatic carbocycles. The van der Waals surface area contributed by atoms with E-state index in [9.17, 15) is 14.4 Å². The van der Waals surface area contributed by atoms with Gasteiger partial charge in [-0.05, 0) is 11.1 Å². The van der Waals surface area contributed by atoms with Crippen molar-refractivity contribution in [2.24, 2.45) is 0 Å². The molecule has 1 aromatic heterocycles. The first kappa shape index (κ1) is 21.3. The third-order valence-electron chi connectivity index (χ3n) is 4.61. The molecule has 0 spiro atoms. The monoisotopic (exact) mass is 408 g/mol. The molecule has 0 saturated heterocycles. The second kappa shape index (κ2) is 10.4. The molecule has 0 aliphatic heterocycles. The van der Waals surface area contributed by atoms with Crippen molar-refractivity contribution in [2.75, 3.05) is 13.2 Å². The first-order valence-corrected chi connectivity index (χ1v) is 9.68. The molecule has 7 nitrogen and oxygen atoms in total. The first-order valence-electron chi connectivity index (χ1n) is 9.68. The van der Waals surface area contributed by atoms with Gasteiger partial charge >= 0.3 is 11.7 Å². The predicted octanol–water partition coefficient (Wildman–Crippen LogP) is 2.26. The number of ether oxygens (including phenoxy) is 2. The minimum atomic E-state index is -0.532. The summed E-state index contributed by atoms with van der Waals surface area (Å²) in [7, 11) is 0. The molecule has 1 heterocycles. The van der Waals surface area contributed by atoms with Gasteiger partial charge in [0.25, 0.3) is 5.56 Å². The second-order valence-electron chi connectivity index (χ2n) is 6.81. The number of aromatic nitrogens is 2. The molecule has 3 aromatic rings. The molecule has 0 bridgehead atoms. The lowest BCUT2D eigenvalue weighted by Crippen LogP contribution is -2.36. The molecule has 0 fully saturated rings. The van der Waals surface area contributed by atoms with Crippen molar-refractivity contribution in [3.63, 3.8) is 0 Å². The Labute approximate surface area is 173 Å². The number of hydrogen-bond acceptors (Lipinski definition) is 5. The van der Waals surface area contributed by atoms with E-state index in [4.69, 9.17) is 9.47 Å². The quantitative estimate of drug-likeness (QED) is 0.433. The van der Waals surface area contributed by atoms with Gasteiger partial charge in [-0.1, -0.05) is 60.7 Å². The van der Waals surface area contributed by atoms with Gasteiger partial charge in [-0.15, -0.1) is 0 Å². The highest BCUT2D eigenvalue weighted by Crippen LogP contribution is 2.14. The van der Waals surface area contributed by atoms with E-state index in [1.807, 2.05) is 60.7 Å². The van der Waals surface area contributed by atoms with E-state index in [0.717, 1.165) is 11.1 Å². The van der Waals surface area contributed by atoms with Gasteiger partial charge in [0, 0.05) is 31.0 Å². The van der Waals surface area contributed by atoms with Crippen LogP contribution in [-0.4, -0.2) is 28.7 Å². The van der Waals surface area contributed by atoms with Gasteiger partial charge < -0.3 is 9.47 Å². The Kier molecular flexibility index (Phi) is 7.34. The van der Waals surface area contributed by atoms with E-state index < -0.39 is 17.2 Å². The minimum absolute atomic E-state index is 0.0547. The third kappa shape index (κ3) is 5.78. The summed E-state index contributed by atoms with van der Waals surface area (Å²) in [5.74, 6) is -0.394. The Morgan fingerprint density at radius 2 is 1.50 bits per heavy atom. The van der Waals surface area contributed by atoms with Gasteiger partial charge in [0.05, 0.1) is 6.61 Å². The van der Waals surface area contributed by atoms with Crippen LogP contribution < -0.4 is 11.2 Å². The maximum atomic E-state index is 12.7. The van der Waals surface area contributed by atoms with Gasteiger partial charge in [-0.3, -0.25) is 19.1 Å². The Morgan fingerprint density at radius 3 is 2.10 bits per heavy atom. The van der Waals surface area contributed by atoms with Crippen LogP contribution in [0.4, 0.5) is 0 Å². The molecule has 0 atom stereocenters. The maximum Gasteiger partial charge on any atom is 0.330 e. The van der Waals surface area contributed by atoms with Crippen molar-refractivity contribution in [2.45, 2.75) is 26.5 Å². The van der Waals surface area contributed by atoms with Crippen LogP contribution in [0.2, 0.25) is 0 Å². The summed E-state index contributed by atoms with van der Waals surface area (Å²) in [4.78, 5) is 38.5. The molecule has 0 saturated carbocycles. The average molecular weight is 408 g/mol. The average Bonchev–Trinajstić information content (AvgIpc) is 2.73. The number of rotatable bonds is 9. The molecule has 0 radical (unpaired) electrons. The standard InChI is InChI=1S/C23H24N2O5/c1-17(26)30-13-12-29-16-25-21(15-19-10-6-3-7-11-19)20(22(27)24-23(25)28)14-18-8-4-2-5-9-18/h2-11H,12-16H2,1H3,(H,24,27,28). The fourth-order valence-corrected chi connectivity index (χ4v) is 3.17. The van der Waals surface area contributed by atoms with Crippen molar-refractivity contribution in [3.05, 3.63) is 104 Å². The highest BCUT2D eigenvalue weighted by molar-refractivity contribution is 5.65. The van der Waals surface area contributed by atoms with Gasteiger partial charge in [-0.25, -0.2) is 4.79 Å². The van der Waals surface area contributed by atoms with Crippen LogP contribution in [0.15, 0.2) is 70.3 Å². The van der Waals surface area contributed by atoms with Crippen molar-refractivity contribution in [1.82, 2.24) is 9.55 Å². The topological polar surface area (TPSA) is 90.4 Å². The predicted molar refractivity (Wildman–Crippen MR) is 112 cm³/mol. The van der Waals surface area contributed by atoms with E-state index in [1.165, 1.54) is 11.5 Å². The number of carbonyl (C=O) groups excluding carboxylic acids is 1. The molecule has 0 aliphatic carbocycles. The van der Waals surface area contributed by atoms with Crippen LogP contribution in [0.3, 0.4) is 0 Å². The lowest BCUT2D eigenvalue weighted by atomic mass is 10.00. The van der Waals surface area contributed by atoms with E-state index in [-0.39, 0.29) is 19.9 Å². The van der Waals surface area contributed by atoms with E-state index >= 15 is 0 Å². The molecular weight excluding hydrogens is 384 g/mol. The number of H-pyrrole nitrogens is 1. The SMILES string of the molecule is CC(=O)OCCOCn1c(Cc2ccccc2)c(Cc2ccccc2)c(=O)[nH]c1=O. The third-order valence-corrected chi connectivity index (χ3v) is 4.61. The number of esters is 1. The summed E-state index contributed by atoms with van der Waals surface area (Å²) in [6.45, 7) is 1.50. The van der Waals surface area contributed by atoms with Gasteiger partial charge in [0.1, 0.15) is 13.3 Å². The van der Waals surface area contributed by atoms with Crippen molar-refractivity contribution >= 4 is 5.97 Å². The van der Waals surface area contributed by atoms with Crippen LogP contribution in [0, 0.1) is 0 Å². The summed E-state index contributed by atoms with van der Waals surface area (Å²) in [6, 6.07) is 19.3. The number of hydrogen-bond donors (Lipinski definition) is 1. The van der Waals surface area contributed by atoms with Crippen molar-refractivity contribution in [1.29, 1.82) is 0 Å². The minimum Gasteiger partial charge on any atom is -0.463 e. The Morgan fingerprint density at radius 1 is 0.900 bits per heavy atom. The van der Waals surface area contributed by atoms with Crippen LogP contribution in [-0.2, 0) is 33.8 Å². The zero-order valence-corrected chi connectivity index (χ0v) is 16.8. The number of nitrogens with one attached hydrogen (secondary N) is 1. The summed E-state index contributed by atoms with van der Waals surface area (Å²) in [5, 5.41) is 0. The largest absolute Gasteiger partial charge is 0.463 e. The summed E-state index contributed by atoms with van der Waals surface area (Å²) in [5.41, 5.74) is 2.14. The second-order valence-corrected chi connectivity index (χ2v) is 6.81. The highest BCUT2D eigenvalue weighted by atomic mass is 16.6. The Hall–Kier alpha value is -3.45. The summed E-state index contributed by atoms with van der Waals surface area (Å²) in [6.07, 6.45) is 0.807. The highest BCUT2D eigenvalue weighted by Gasteiger charge is 2.16. The van der Waals surface area contributed by atoms with Crippen LogP contribution in [0.25, 0.3) is 0 Å². The fourth-order valence-electron chi connectivity index (χ4n) is 3.17. The molecule has 3 rings (SSSR count). The molecule has 156 valence electrons. The zero-order chi connectivity index (χ0) is 21.3. The number of nitrogens with zero attached hydrogens (tertiary/aromatic N) is 1. The molecule has 30 heavy (non-hydrogen) atoms. The smallest absolute Gasteiger partial charge is 0.330 e. The molecule has 1 N–H and O–H groups in total. The molecule has 7 heteroatoms. The normalized spacial score (nSPS) is 10.7. The molecular formula is C23H24N2O5. The maximum absolute atomic E-state index is 12.7.